The van der Waals surface area contributed by atoms with Gasteiger partial charge in [-0.1, -0.05) is 67.4 Å². The summed E-state index contributed by atoms with van der Waals surface area (Å²) in [7, 11) is 0. The Morgan fingerprint density at radius 3 is 2.68 bits per heavy atom. The van der Waals surface area contributed by atoms with E-state index in [1.54, 1.807) is 17.0 Å². The highest BCUT2D eigenvalue weighted by Gasteiger charge is 2.35. The molecule has 0 fully saturated rings. The zero-order valence-electron chi connectivity index (χ0n) is 17.6. The van der Waals surface area contributed by atoms with E-state index in [2.05, 4.69) is 22.4 Å². The number of halogens is 1. The molecule has 1 aliphatic heterocycles. The van der Waals surface area contributed by atoms with Crippen LogP contribution in [0.2, 0.25) is 0 Å². The van der Waals surface area contributed by atoms with Crippen molar-refractivity contribution in [2.24, 2.45) is 0 Å². The van der Waals surface area contributed by atoms with Crippen LogP contribution in [0.15, 0.2) is 64.8 Å². The molecule has 0 spiro atoms. The number of rotatable bonds is 7. The fourth-order valence-corrected chi connectivity index (χ4v) is 3.82. The molecule has 2 aromatic carbocycles. The van der Waals surface area contributed by atoms with E-state index in [9.17, 15) is 9.18 Å². The molecule has 4 rings (SSSR count). The molecule has 1 aliphatic rings. The summed E-state index contributed by atoms with van der Waals surface area (Å²) >= 11 is 0. The number of urea groups is 1. The van der Waals surface area contributed by atoms with E-state index in [1.165, 1.54) is 12.1 Å². The average Bonchev–Trinajstić information content (AvgIpc) is 3.26. The largest absolute Gasteiger partial charge is 0.334 e. The molecule has 1 N–H and O–H groups in total. The molecule has 0 radical (unpaired) electrons. The first-order valence-electron chi connectivity index (χ1n) is 10.5. The minimum Gasteiger partial charge on any atom is -0.334 e. The van der Waals surface area contributed by atoms with E-state index < -0.39 is 6.04 Å². The molecule has 7 heteroatoms. The van der Waals surface area contributed by atoms with Gasteiger partial charge in [0, 0.05) is 17.8 Å². The summed E-state index contributed by atoms with van der Waals surface area (Å²) < 4.78 is 19.3. The van der Waals surface area contributed by atoms with E-state index >= 15 is 0 Å². The lowest BCUT2D eigenvalue weighted by Gasteiger charge is -2.35. The van der Waals surface area contributed by atoms with Crippen molar-refractivity contribution in [2.45, 2.75) is 39.2 Å². The van der Waals surface area contributed by atoms with Crippen LogP contribution in [0.3, 0.4) is 0 Å². The van der Waals surface area contributed by atoms with Crippen molar-refractivity contribution in [3.8, 4) is 11.4 Å². The molecule has 0 saturated heterocycles. The predicted molar refractivity (Wildman–Crippen MR) is 116 cm³/mol. The minimum atomic E-state index is -0.420. The molecule has 0 aliphatic carbocycles. The number of benzene rings is 2. The monoisotopic (exact) mass is 420 g/mol. The Labute approximate surface area is 180 Å². The second-order valence-electron chi connectivity index (χ2n) is 7.58. The van der Waals surface area contributed by atoms with Gasteiger partial charge in [0.15, 0.2) is 0 Å². The quantitative estimate of drug-likeness (QED) is 0.508. The third kappa shape index (κ3) is 4.35. The summed E-state index contributed by atoms with van der Waals surface area (Å²) in [6, 6.07) is 15.2. The summed E-state index contributed by atoms with van der Waals surface area (Å²) in [5.41, 5.74) is 2.98. The summed E-state index contributed by atoms with van der Waals surface area (Å²) in [5, 5.41) is 7.15. The highest BCUT2D eigenvalue weighted by molar-refractivity contribution is 5.86. The molecular formula is C24H25FN4O2. The van der Waals surface area contributed by atoms with Gasteiger partial charge in [-0.05, 0) is 31.0 Å². The van der Waals surface area contributed by atoms with Gasteiger partial charge in [0.05, 0.1) is 11.6 Å². The molecule has 1 unspecified atom stereocenters. The maximum absolute atomic E-state index is 13.7. The second kappa shape index (κ2) is 9.12. The number of carbonyl (C=O) groups excluding carboxylic acids is 1. The first-order chi connectivity index (χ1) is 15.1. The zero-order chi connectivity index (χ0) is 21.8. The Bertz CT molecular complexity index is 1090. The summed E-state index contributed by atoms with van der Waals surface area (Å²) in [6.45, 7) is 4.64. The van der Waals surface area contributed by atoms with Crippen molar-refractivity contribution < 1.29 is 13.7 Å². The fourth-order valence-electron chi connectivity index (χ4n) is 3.82. The minimum absolute atomic E-state index is 0.143. The van der Waals surface area contributed by atoms with Crippen LogP contribution in [-0.4, -0.2) is 27.6 Å². The number of aromatic nitrogens is 2. The number of hydrogen-bond acceptors (Lipinski definition) is 4. The molecule has 3 aromatic rings. The Morgan fingerprint density at radius 1 is 1.13 bits per heavy atom. The maximum Gasteiger partial charge on any atom is 0.322 e. The smallest absolute Gasteiger partial charge is 0.322 e. The molecular weight excluding hydrogens is 395 g/mol. The van der Waals surface area contributed by atoms with Gasteiger partial charge in [0.2, 0.25) is 5.82 Å². The van der Waals surface area contributed by atoms with Gasteiger partial charge in [-0.25, -0.2) is 9.18 Å². The molecule has 2 heterocycles. The van der Waals surface area contributed by atoms with E-state index in [0.29, 0.717) is 23.8 Å². The summed E-state index contributed by atoms with van der Waals surface area (Å²) in [6.07, 6.45) is 3.01. The fraction of sp³-hybridized carbons (Fsp3) is 0.292. The molecule has 6 nitrogen and oxygen atoms in total. The van der Waals surface area contributed by atoms with E-state index in [1.807, 2.05) is 37.3 Å². The van der Waals surface area contributed by atoms with E-state index in [0.717, 1.165) is 36.1 Å². The number of unbranched alkanes of at least 4 members (excludes halogenated alkanes) is 2. The van der Waals surface area contributed by atoms with Gasteiger partial charge in [-0.3, -0.25) is 4.90 Å². The number of amides is 2. The molecule has 160 valence electrons. The van der Waals surface area contributed by atoms with Gasteiger partial charge in [-0.15, -0.1) is 0 Å². The maximum atomic E-state index is 13.7. The summed E-state index contributed by atoms with van der Waals surface area (Å²) in [4.78, 5) is 19.2. The number of nitrogens with one attached hydrogen (secondary N) is 1. The van der Waals surface area contributed by atoms with Gasteiger partial charge >= 0.3 is 6.03 Å². The molecule has 1 atom stereocenters. The van der Waals surface area contributed by atoms with Crippen LogP contribution >= 0.6 is 0 Å². The lowest BCUT2D eigenvalue weighted by Crippen LogP contribution is -2.46. The lowest BCUT2D eigenvalue weighted by atomic mass is 9.94. The number of allylic oxidation sites excluding steroid dienone is 1. The Morgan fingerprint density at radius 2 is 1.94 bits per heavy atom. The molecule has 0 bridgehead atoms. The molecule has 1 aromatic heterocycles. The highest BCUT2D eigenvalue weighted by Crippen LogP contribution is 2.37. The van der Waals surface area contributed by atoms with Crippen molar-refractivity contribution in [3.05, 3.63) is 77.6 Å². The van der Waals surface area contributed by atoms with Crippen molar-refractivity contribution >= 4 is 11.6 Å². The van der Waals surface area contributed by atoms with Crippen LogP contribution in [0, 0.1) is 5.82 Å². The third-order valence-electron chi connectivity index (χ3n) is 5.45. The summed E-state index contributed by atoms with van der Waals surface area (Å²) in [5.74, 6) is 0.246. The number of hydrogen-bond donors (Lipinski definition) is 1. The third-order valence-corrected chi connectivity index (χ3v) is 5.45. The van der Waals surface area contributed by atoms with Crippen LogP contribution in [0.5, 0.6) is 0 Å². The van der Waals surface area contributed by atoms with Gasteiger partial charge in [-0.2, -0.15) is 4.98 Å². The molecule has 0 saturated carbocycles. The predicted octanol–water partition coefficient (Wildman–Crippen LogP) is 5.56. The first-order valence-corrected chi connectivity index (χ1v) is 10.5. The topological polar surface area (TPSA) is 71.3 Å². The van der Waals surface area contributed by atoms with Crippen LogP contribution in [-0.2, 0) is 0 Å². The normalized spacial score (nSPS) is 16.5. The Kier molecular flexibility index (Phi) is 6.11. The van der Waals surface area contributed by atoms with Gasteiger partial charge in [0.1, 0.15) is 5.82 Å². The van der Waals surface area contributed by atoms with Crippen molar-refractivity contribution in [1.82, 2.24) is 20.4 Å². The molecule has 31 heavy (non-hydrogen) atoms. The SMILES string of the molecule is CCCCCN1C(=O)NC(c2ccccc2)C(c2nc(-c3cccc(F)c3)no2)=C1C. The Balaban J connectivity index is 1.76. The van der Waals surface area contributed by atoms with Gasteiger partial charge in [0.25, 0.3) is 5.89 Å². The number of carbonyl (C=O) groups is 1. The Hall–Kier alpha value is -3.48. The van der Waals surface area contributed by atoms with Crippen LogP contribution < -0.4 is 5.32 Å². The second-order valence-corrected chi connectivity index (χ2v) is 7.58. The van der Waals surface area contributed by atoms with Crippen LogP contribution in [0.1, 0.15) is 50.6 Å². The van der Waals surface area contributed by atoms with E-state index in [-0.39, 0.29) is 11.8 Å². The molecule has 2 amide bonds. The van der Waals surface area contributed by atoms with Crippen LogP contribution in [0.4, 0.5) is 9.18 Å². The zero-order valence-corrected chi connectivity index (χ0v) is 17.6. The lowest BCUT2D eigenvalue weighted by molar-refractivity contribution is 0.204. The van der Waals surface area contributed by atoms with Crippen molar-refractivity contribution in [2.75, 3.05) is 6.54 Å². The van der Waals surface area contributed by atoms with Crippen molar-refractivity contribution in [3.63, 3.8) is 0 Å². The first kappa shape index (κ1) is 20.8. The van der Waals surface area contributed by atoms with Crippen LogP contribution in [0.25, 0.3) is 17.0 Å². The standard InChI is InChI=1S/C24H25FN4O2/c1-3-4-8-14-29-16(2)20(21(26-24(29)30)17-10-6-5-7-11-17)23-27-22(28-31-23)18-12-9-13-19(25)15-18/h5-7,9-13,15,21H,3-4,8,14H2,1-2H3,(H,26,30). The average molecular weight is 420 g/mol. The van der Waals surface area contributed by atoms with Gasteiger partial charge < -0.3 is 9.84 Å². The highest BCUT2D eigenvalue weighted by atomic mass is 19.1. The number of nitrogens with zero attached hydrogens (tertiary/aromatic N) is 3. The van der Waals surface area contributed by atoms with Crippen molar-refractivity contribution in [1.29, 1.82) is 0 Å². The van der Waals surface area contributed by atoms with E-state index in [4.69, 9.17) is 4.52 Å².